The minimum absolute atomic E-state index is 0.0371. The normalized spacial score (nSPS) is 12.3. The second kappa shape index (κ2) is 8.06. The van der Waals surface area contributed by atoms with Crippen molar-refractivity contribution in [1.29, 1.82) is 0 Å². The van der Waals surface area contributed by atoms with E-state index in [1.165, 1.54) is 6.20 Å². The van der Waals surface area contributed by atoms with Gasteiger partial charge in [0.25, 0.3) is 0 Å². The Morgan fingerprint density at radius 1 is 1.23 bits per heavy atom. The van der Waals surface area contributed by atoms with Crippen LogP contribution in [0.15, 0.2) is 36.5 Å². The van der Waals surface area contributed by atoms with Crippen molar-refractivity contribution in [3.05, 3.63) is 52.7 Å². The number of aromatic nitrogens is 1. The van der Waals surface area contributed by atoms with E-state index in [1.807, 2.05) is 32.0 Å². The number of hydrogen-bond acceptors (Lipinski definition) is 5. The summed E-state index contributed by atoms with van der Waals surface area (Å²) in [4.78, 5) is 15.5. The highest BCUT2D eigenvalue weighted by atomic mass is 35.5. The SMILES string of the molecule is COc1cc(-c2cc3c(C(=O)CS(C)(=O)=O)c[nH]c3cc2Cl)ccc1C(C)(C)CO. The van der Waals surface area contributed by atoms with Crippen LogP contribution in [0.5, 0.6) is 5.75 Å². The molecule has 3 rings (SSSR count). The summed E-state index contributed by atoms with van der Waals surface area (Å²) in [5.74, 6) is -0.420. The number of H-pyrrole nitrogens is 1. The van der Waals surface area contributed by atoms with Crippen LogP contribution < -0.4 is 4.74 Å². The van der Waals surface area contributed by atoms with Gasteiger partial charge in [-0.3, -0.25) is 4.79 Å². The van der Waals surface area contributed by atoms with Crippen molar-refractivity contribution in [2.24, 2.45) is 0 Å². The van der Waals surface area contributed by atoms with Gasteiger partial charge in [-0.05, 0) is 23.8 Å². The van der Waals surface area contributed by atoms with E-state index < -0.39 is 26.8 Å². The fourth-order valence-corrected chi connectivity index (χ4v) is 4.32. The van der Waals surface area contributed by atoms with Crippen LogP contribution in [0.1, 0.15) is 29.8 Å². The lowest BCUT2D eigenvalue weighted by molar-refractivity contribution is 0.102. The van der Waals surface area contributed by atoms with E-state index in [0.717, 1.165) is 17.4 Å². The molecule has 2 N–H and O–H groups in total. The predicted octanol–water partition coefficient (Wildman–Crippen LogP) is 3.99. The van der Waals surface area contributed by atoms with Gasteiger partial charge < -0.3 is 14.8 Å². The Kier molecular flexibility index (Phi) is 6.00. The summed E-state index contributed by atoms with van der Waals surface area (Å²) in [6.45, 7) is 3.80. The Balaban J connectivity index is 2.14. The van der Waals surface area contributed by atoms with Gasteiger partial charge in [0.05, 0.1) is 18.7 Å². The molecule has 1 heterocycles. The molecule has 30 heavy (non-hydrogen) atoms. The van der Waals surface area contributed by atoms with Crippen molar-refractivity contribution in [1.82, 2.24) is 4.98 Å². The number of ether oxygens (including phenoxy) is 1. The first-order chi connectivity index (χ1) is 14.0. The Bertz CT molecular complexity index is 1230. The van der Waals surface area contributed by atoms with E-state index >= 15 is 0 Å². The van der Waals surface area contributed by atoms with E-state index in [0.29, 0.717) is 32.8 Å². The molecule has 0 unspecified atom stereocenters. The zero-order valence-electron chi connectivity index (χ0n) is 17.2. The number of hydrogen-bond donors (Lipinski definition) is 2. The van der Waals surface area contributed by atoms with Crippen molar-refractivity contribution >= 4 is 38.1 Å². The number of Topliss-reactive ketones (excluding diaryl/α,β-unsaturated/α-hetero) is 1. The van der Waals surface area contributed by atoms with Crippen molar-refractivity contribution in [2.75, 3.05) is 25.7 Å². The number of aliphatic hydroxyl groups excluding tert-OH is 1. The van der Waals surface area contributed by atoms with E-state index in [1.54, 1.807) is 19.2 Å². The number of ketones is 1. The highest BCUT2D eigenvalue weighted by Gasteiger charge is 2.24. The van der Waals surface area contributed by atoms with Crippen LogP contribution in [-0.2, 0) is 15.3 Å². The first-order valence-corrected chi connectivity index (χ1v) is 11.7. The molecule has 160 valence electrons. The van der Waals surface area contributed by atoms with Crippen molar-refractivity contribution in [2.45, 2.75) is 19.3 Å². The molecule has 1 aromatic heterocycles. The van der Waals surface area contributed by atoms with Gasteiger partial charge in [0.15, 0.2) is 15.6 Å². The molecule has 0 amide bonds. The summed E-state index contributed by atoms with van der Waals surface area (Å²) in [5.41, 5.74) is 2.79. The second-order valence-corrected chi connectivity index (χ2v) is 10.6. The van der Waals surface area contributed by atoms with Crippen LogP contribution >= 0.6 is 11.6 Å². The lowest BCUT2D eigenvalue weighted by Gasteiger charge is -2.25. The van der Waals surface area contributed by atoms with Crippen LogP contribution in [0.4, 0.5) is 0 Å². The van der Waals surface area contributed by atoms with Crippen molar-refractivity contribution in [3.63, 3.8) is 0 Å². The number of carbonyl (C=O) groups excluding carboxylic acids is 1. The molecule has 0 bridgehead atoms. The van der Waals surface area contributed by atoms with Crippen molar-refractivity contribution in [3.8, 4) is 16.9 Å². The highest BCUT2D eigenvalue weighted by Crippen LogP contribution is 2.38. The summed E-state index contributed by atoms with van der Waals surface area (Å²) in [7, 11) is -1.88. The number of aliphatic hydroxyl groups is 1. The number of nitrogens with one attached hydrogen (secondary N) is 1. The number of fused-ring (bicyclic) bond motifs is 1. The second-order valence-electron chi connectivity index (χ2n) is 8.03. The van der Waals surface area contributed by atoms with Crippen LogP contribution in [0.2, 0.25) is 5.02 Å². The molecule has 0 aliphatic heterocycles. The van der Waals surface area contributed by atoms with E-state index in [-0.39, 0.29) is 6.61 Å². The maximum atomic E-state index is 12.5. The average molecular weight is 450 g/mol. The topological polar surface area (TPSA) is 96.5 Å². The Morgan fingerprint density at radius 3 is 2.53 bits per heavy atom. The first-order valence-electron chi connectivity index (χ1n) is 9.28. The van der Waals surface area contributed by atoms with Crippen LogP contribution in [0.3, 0.4) is 0 Å². The summed E-state index contributed by atoms with van der Waals surface area (Å²) in [6, 6.07) is 9.09. The third-order valence-electron chi connectivity index (χ3n) is 5.10. The Morgan fingerprint density at radius 2 is 1.93 bits per heavy atom. The Hall–Kier alpha value is -2.35. The number of rotatable bonds is 7. The Labute approximate surface area is 180 Å². The minimum atomic E-state index is -3.45. The van der Waals surface area contributed by atoms with Gasteiger partial charge in [0, 0.05) is 45.5 Å². The fourth-order valence-electron chi connectivity index (χ4n) is 3.41. The van der Waals surface area contributed by atoms with E-state index in [2.05, 4.69) is 4.98 Å². The van der Waals surface area contributed by atoms with Crippen LogP contribution in [0, 0.1) is 0 Å². The standard InChI is InChI=1S/C22H24ClNO5S/c1-22(2,12-25)17-6-5-13(7-21(17)29-3)14-8-15-16(20(26)11-30(4,27)28)10-24-19(15)9-18(14)23/h5-10,24-25H,11-12H2,1-4H3. The van der Waals surface area contributed by atoms with Crippen molar-refractivity contribution < 1.29 is 23.1 Å². The molecule has 2 aromatic carbocycles. The molecule has 6 nitrogen and oxygen atoms in total. The van der Waals surface area contributed by atoms with Gasteiger partial charge >= 0.3 is 0 Å². The lowest BCUT2D eigenvalue weighted by atomic mass is 9.84. The van der Waals surface area contributed by atoms with Gasteiger partial charge in [0.2, 0.25) is 0 Å². The molecule has 3 aromatic rings. The molecule has 0 atom stereocenters. The summed E-state index contributed by atoms with van der Waals surface area (Å²) < 4.78 is 28.6. The van der Waals surface area contributed by atoms with Gasteiger partial charge in [-0.1, -0.05) is 37.6 Å². The highest BCUT2D eigenvalue weighted by molar-refractivity contribution is 7.91. The first kappa shape index (κ1) is 22.3. The summed E-state index contributed by atoms with van der Waals surface area (Å²) >= 11 is 6.50. The largest absolute Gasteiger partial charge is 0.496 e. The molecule has 0 fully saturated rings. The number of halogens is 1. The smallest absolute Gasteiger partial charge is 0.179 e. The molecule has 0 aliphatic carbocycles. The molecule has 0 radical (unpaired) electrons. The number of carbonyl (C=O) groups is 1. The number of methoxy groups -OCH3 is 1. The lowest BCUT2D eigenvalue weighted by Crippen LogP contribution is -2.22. The zero-order valence-corrected chi connectivity index (χ0v) is 18.8. The maximum Gasteiger partial charge on any atom is 0.179 e. The van der Waals surface area contributed by atoms with Crippen LogP contribution in [-0.4, -0.2) is 50.0 Å². The van der Waals surface area contributed by atoms with E-state index in [4.69, 9.17) is 16.3 Å². The molecular weight excluding hydrogens is 426 g/mol. The van der Waals surface area contributed by atoms with Gasteiger partial charge in [0.1, 0.15) is 11.5 Å². The molecule has 0 saturated heterocycles. The molecule has 0 saturated carbocycles. The molecule has 0 aliphatic rings. The summed E-state index contributed by atoms with van der Waals surface area (Å²) in [5, 5.41) is 10.8. The summed E-state index contributed by atoms with van der Waals surface area (Å²) in [6.07, 6.45) is 2.54. The third kappa shape index (κ3) is 4.38. The fraction of sp³-hybridized carbons (Fsp3) is 0.318. The molecule has 0 spiro atoms. The number of benzene rings is 2. The minimum Gasteiger partial charge on any atom is -0.496 e. The quantitative estimate of drug-likeness (QED) is 0.531. The molecular formula is C22H24ClNO5S. The predicted molar refractivity (Wildman–Crippen MR) is 119 cm³/mol. The van der Waals surface area contributed by atoms with Gasteiger partial charge in [-0.2, -0.15) is 0 Å². The van der Waals surface area contributed by atoms with E-state index in [9.17, 15) is 18.3 Å². The zero-order chi connectivity index (χ0) is 22.3. The van der Waals surface area contributed by atoms with Gasteiger partial charge in [-0.25, -0.2) is 8.42 Å². The third-order valence-corrected chi connectivity index (χ3v) is 6.20. The number of sulfone groups is 1. The van der Waals surface area contributed by atoms with Gasteiger partial charge in [-0.15, -0.1) is 0 Å². The average Bonchev–Trinajstić information content (AvgIpc) is 3.08. The number of aromatic amines is 1. The maximum absolute atomic E-state index is 12.5. The monoisotopic (exact) mass is 449 g/mol. The molecule has 8 heteroatoms. The van der Waals surface area contributed by atoms with Crippen LogP contribution in [0.25, 0.3) is 22.0 Å².